The van der Waals surface area contributed by atoms with Gasteiger partial charge in [-0.25, -0.2) is 0 Å². The van der Waals surface area contributed by atoms with Crippen LogP contribution in [0.3, 0.4) is 0 Å². The van der Waals surface area contributed by atoms with Crippen molar-refractivity contribution in [2.24, 2.45) is 0 Å². The van der Waals surface area contributed by atoms with Gasteiger partial charge in [0.2, 0.25) is 11.9 Å². The minimum absolute atomic E-state index is 0.202. The van der Waals surface area contributed by atoms with E-state index in [1.54, 1.807) is 0 Å². The van der Waals surface area contributed by atoms with Crippen molar-refractivity contribution in [2.45, 2.75) is 37.8 Å². The molecule has 3 heterocycles. The van der Waals surface area contributed by atoms with Crippen LogP contribution in [0, 0.1) is 6.92 Å². The maximum absolute atomic E-state index is 12.4. The molecule has 0 saturated carbocycles. The van der Waals surface area contributed by atoms with Gasteiger partial charge in [0, 0.05) is 26.2 Å². The molecule has 7 heteroatoms. The second-order valence-corrected chi connectivity index (χ2v) is 7.97. The summed E-state index contributed by atoms with van der Waals surface area (Å²) in [5, 5.41) is 9.68. The highest BCUT2D eigenvalue weighted by molar-refractivity contribution is 7.99. The van der Waals surface area contributed by atoms with Gasteiger partial charge in [0.05, 0.1) is 11.4 Å². The Labute approximate surface area is 158 Å². The molecule has 1 aromatic carbocycles. The summed E-state index contributed by atoms with van der Waals surface area (Å²) < 4.78 is 2.10. The first kappa shape index (κ1) is 17.4. The van der Waals surface area contributed by atoms with Crippen LogP contribution in [0.2, 0.25) is 0 Å². The van der Waals surface area contributed by atoms with E-state index in [-0.39, 0.29) is 5.91 Å². The summed E-state index contributed by atoms with van der Waals surface area (Å²) in [6, 6.07) is 8.41. The molecule has 26 heavy (non-hydrogen) atoms. The summed E-state index contributed by atoms with van der Waals surface area (Å²) >= 11 is 1.49. The number of rotatable bonds is 5. The number of amides is 1. The zero-order chi connectivity index (χ0) is 17.9. The first-order chi connectivity index (χ1) is 12.7. The van der Waals surface area contributed by atoms with Crippen LogP contribution in [0.25, 0.3) is 5.69 Å². The highest BCUT2D eigenvalue weighted by atomic mass is 32.2. The monoisotopic (exact) mass is 371 g/mol. The van der Waals surface area contributed by atoms with Crippen LogP contribution in [0.5, 0.6) is 0 Å². The minimum Gasteiger partial charge on any atom is -0.342 e. The molecule has 0 radical (unpaired) electrons. The van der Waals surface area contributed by atoms with Crippen molar-refractivity contribution >= 4 is 23.6 Å². The fourth-order valence-electron chi connectivity index (χ4n) is 3.58. The normalized spacial score (nSPS) is 17.3. The summed E-state index contributed by atoms with van der Waals surface area (Å²) in [6.07, 6.45) is 4.62. The highest BCUT2D eigenvalue weighted by Gasteiger charge is 2.24. The molecule has 0 bridgehead atoms. The smallest absolute Gasteiger partial charge is 0.233 e. The van der Waals surface area contributed by atoms with Gasteiger partial charge in [-0.2, -0.15) is 0 Å². The number of hydrogen-bond donors (Lipinski definition) is 0. The van der Waals surface area contributed by atoms with Crippen molar-refractivity contribution in [3.8, 4) is 5.69 Å². The molecule has 0 unspecified atom stereocenters. The number of likely N-dealkylation sites (tertiary alicyclic amines) is 1. The second-order valence-electron chi connectivity index (χ2n) is 7.02. The van der Waals surface area contributed by atoms with Gasteiger partial charge < -0.3 is 9.80 Å². The first-order valence-corrected chi connectivity index (χ1v) is 10.4. The molecule has 0 atom stereocenters. The molecule has 2 aliphatic heterocycles. The zero-order valence-corrected chi connectivity index (χ0v) is 16.0. The Morgan fingerprint density at radius 1 is 1.00 bits per heavy atom. The van der Waals surface area contributed by atoms with E-state index in [9.17, 15) is 4.79 Å². The third-order valence-electron chi connectivity index (χ3n) is 5.08. The van der Waals surface area contributed by atoms with E-state index in [2.05, 4.69) is 50.9 Å². The fraction of sp³-hybridized carbons (Fsp3) is 0.526. The Morgan fingerprint density at radius 3 is 2.35 bits per heavy atom. The molecule has 2 aliphatic rings. The summed E-state index contributed by atoms with van der Waals surface area (Å²) in [5.74, 6) is 1.51. The van der Waals surface area contributed by atoms with Gasteiger partial charge in [-0.05, 0) is 44.7 Å². The molecule has 2 saturated heterocycles. The van der Waals surface area contributed by atoms with Crippen molar-refractivity contribution < 1.29 is 4.79 Å². The number of anilines is 1. The van der Waals surface area contributed by atoms with Crippen LogP contribution in [0.4, 0.5) is 5.95 Å². The van der Waals surface area contributed by atoms with Crippen molar-refractivity contribution in [2.75, 3.05) is 36.8 Å². The summed E-state index contributed by atoms with van der Waals surface area (Å²) in [5.41, 5.74) is 2.28. The average molecular weight is 372 g/mol. The fourth-order valence-corrected chi connectivity index (χ4v) is 4.43. The molecule has 0 spiro atoms. The summed E-state index contributed by atoms with van der Waals surface area (Å²) in [4.78, 5) is 16.7. The number of aromatic nitrogens is 3. The van der Waals surface area contributed by atoms with Crippen LogP contribution in [0.1, 0.15) is 31.2 Å². The van der Waals surface area contributed by atoms with Gasteiger partial charge in [0.25, 0.3) is 0 Å². The average Bonchev–Trinajstić information content (AvgIpc) is 3.41. The SMILES string of the molecule is Cc1ccc(-n2c(SCC(=O)N3CCCC3)nnc2N2CCCC2)cc1. The minimum atomic E-state index is 0.202. The second kappa shape index (κ2) is 7.70. The molecule has 2 aromatic rings. The highest BCUT2D eigenvalue weighted by Crippen LogP contribution is 2.29. The lowest BCUT2D eigenvalue weighted by Crippen LogP contribution is -2.29. The molecule has 1 amide bonds. The van der Waals surface area contributed by atoms with Gasteiger partial charge in [-0.15, -0.1) is 10.2 Å². The summed E-state index contributed by atoms with van der Waals surface area (Å²) in [6.45, 7) is 5.90. The first-order valence-electron chi connectivity index (χ1n) is 9.40. The van der Waals surface area contributed by atoms with E-state index >= 15 is 0 Å². The lowest BCUT2D eigenvalue weighted by atomic mass is 10.2. The van der Waals surface area contributed by atoms with Gasteiger partial charge in [-0.3, -0.25) is 9.36 Å². The molecular weight excluding hydrogens is 346 g/mol. The van der Waals surface area contributed by atoms with Crippen LogP contribution >= 0.6 is 11.8 Å². The maximum Gasteiger partial charge on any atom is 0.233 e. The standard InChI is InChI=1S/C19H25N5OS/c1-15-6-8-16(9-7-15)24-18(23-12-4-5-13-23)20-21-19(24)26-14-17(25)22-10-2-3-11-22/h6-9H,2-5,10-14H2,1H3. The van der Waals surface area contributed by atoms with Crippen LogP contribution in [0.15, 0.2) is 29.4 Å². The Bertz CT molecular complexity index is 761. The molecule has 138 valence electrons. The van der Waals surface area contributed by atoms with E-state index in [1.807, 2.05) is 4.90 Å². The van der Waals surface area contributed by atoms with E-state index in [0.29, 0.717) is 5.75 Å². The topological polar surface area (TPSA) is 54.3 Å². The Balaban J connectivity index is 1.59. The number of hydrogen-bond acceptors (Lipinski definition) is 5. The lowest BCUT2D eigenvalue weighted by Gasteiger charge is -2.19. The van der Waals surface area contributed by atoms with E-state index in [4.69, 9.17) is 0 Å². The number of aryl methyl sites for hydroxylation is 1. The van der Waals surface area contributed by atoms with E-state index in [0.717, 1.165) is 55.8 Å². The predicted molar refractivity (Wildman–Crippen MR) is 104 cm³/mol. The van der Waals surface area contributed by atoms with Crippen molar-refractivity contribution in [3.63, 3.8) is 0 Å². The van der Waals surface area contributed by atoms with Gasteiger partial charge in [-0.1, -0.05) is 29.5 Å². The number of carbonyl (C=O) groups is 1. The molecule has 0 N–H and O–H groups in total. The van der Waals surface area contributed by atoms with Gasteiger partial charge in [0.15, 0.2) is 5.16 Å². The molecule has 2 fully saturated rings. The molecule has 0 aliphatic carbocycles. The van der Waals surface area contributed by atoms with Crippen molar-refractivity contribution in [3.05, 3.63) is 29.8 Å². The Hall–Kier alpha value is -2.02. The molecule has 4 rings (SSSR count). The maximum atomic E-state index is 12.4. The number of carbonyl (C=O) groups excluding carboxylic acids is 1. The van der Waals surface area contributed by atoms with Gasteiger partial charge >= 0.3 is 0 Å². The van der Waals surface area contributed by atoms with Crippen LogP contribution in [-0.2, 0) is 4.79 Å². The third-order valence-corrected chi connectivity index (χ3v) is 5.99. The van der Waals surface area contributed by atoms with E-state index < -0.39 is 0 Å². The summed E-state index contributed by atoms with van der Waals surface area (Å²) in [7, 11) is 0. The number of nitrogens with zero attached hydrogens (tertiary/aromatic N) is 5. The van der Waals surface area contributed by atoms with Crippen molar-refractivity contribution in [1.29, 1.82) is 0 Å². The zero-order valence-electron chi connectivity index (χ0n) is 15.2. The largest absolute Gasteiger partial charge is 0.342 e. The predicted octanol–water partition coefficient (Wildman–Crippen LogP) is 2.89. The van der Waals surface area contributed by atoms with Gasteiger partial charge in [0.1, 0.15) is 0 Å². The number of thioether (sulfide) groups is 1. The molecule has 1 aromatic heterocycles. The quantitative estimate of drug-likeness (QED) is 0.757. The van der Waals surface area contributed by atoms with Crippen LogP contribution < -0.4 is 4.90 Å². The van der Waals surface area contributed by atoms with E-state index in [1.165, 1.54) is 30.2 Å². The van der Waals surface area contributed by atoms with Crippen molar-refractivity contribution in [1.82, 2.24) is 19.7 Å². The lowest BCUT2D eigenvalue weighted by molar-refractivity contribution is -0.127. The van der Waals surface area contributed by atoms with Crippen LogP contribution in [-0.4, -0.2) is 57.5 Å². The number of benzene rings is 1. The molecular formula is C19H25N5OS. The third kappa shape index (κ3) is 3.58. The molecule has 6 nitrogen and oxygen atoms in total. The Morgan fingerprint density at radius 2 is 1.65 bits per heavy atom. The Kier molecular flexibility index (Phi) is 5.15.